The van der Waals surface area contributed by atoms with Crippen LogP contribution in [-0.2, 0) is 5.88 Å². The summed E-state index contributed by atoms with van der Waals surface area (Å²) < 4.78 is 30.0. The van der Waals surface area contributed by atoms with Crippen LogP contribution in [0.2, 0.25) is 0 Å². The third-order valence-electron chi connectivity index (χ3n) is 1.79. The maximum Gasteiger partial charge on any atom is 0.269 e. The molecule has 1 heterocycles. The van der Waals surface area contributed by atoms with Crippen LogP contribution in [0.5, 0.6) is 5.88 Å². The van der Waals surface area contributed by atoms with Gasteiger partial charge in [-0.2, -0.15) is 0 Å². The summed E-state index contributed by atoms with van der Waals surface area (Å²) in [6.07, 6.45) is -2.62. The molecule has 0 saturated carbocycles. The van der Waals surface area contributed by atoms with E-state index >= 15 is 0 Å². The second-order valence-corrected chi connectivity index (χ2v) is 3.05. The third kappa shape index (κ3) is 2.12. The number of alkyl halides is 3. The van der Waals surface area contributed by atoms with Crippen LogP contribution in [-0.4, -0.2) is 12.1 Å². The Labute approximate surface area is 85.9 Å². The normalized spacial score (nSPS) is 10.7. The molecule has 1 aromatic rings. The number of aromatic nitrogens is 1. The molecular formula is C9H10ClF2NO. The van der Waals surface area contributed by atoms with Crippen molar-refractivity contribution in [1.82, 2.24) is 4.98 Å². The van der Waals surface area contributed by atoms with Crippen molar-refractivity contribution < 1.29 is 13.5 Å². The van der Waals surface area contributed by atoms with Gasteiger partial charge in [-0.05, 0) is 18.6 Å². The Hall–Kier alpha value is -0.900. The zero-order valence-electron chi connectivity index (χ0n) is 7.85. The van der Waals surface area contributed by atoms with Crippen molar-refractivity contribution in [3.8, 4) is 5.88 Å². The molecule has 0 unspecified atom stereocenters. The van der Waals surface area contributed by atoms with Gasteiger partial charge in [0.1, 0.15) is 0 Å². The van der Waals surface area contributed by atoms with E-state index < -0.39 is 6.43 Å². The van der Waals surface area contributed by atoms with Crippen LogP contribution in [0.1, 0.15) is 23.2 Å². The first-order chi connectivity index (χ1) is 6.60. The highest BCUT2D eigenvalue weighted by Gasteiger charge is 2.20. The van der Waals surface area contributed by atoms with Crippen molar-refractivity contribution in [2.75, 3.05) is 7.11 Å². The Morgan fingerprint density at radius 2 is 2.21 bits per heavy atom. The SMILES string of the molecule is COc1nc(C)cc(CCl)c1C(F)F. The van der Waals surface area contributed by atoms with Gasteiger partial charge < -0.3 is 4.74 Å². The molecule has 0 aliphatic carbocycles. The molecule has 2 nitrogen and oxygen atoms in total. The van der Waals surface area contributed by atoms with Crippen LogP contribution < -0.4 is 4.74 Å². The molecule has 0 aliphatic heterocycles. The molecule has 1 aromatic heterocycles. The molecule has 0 radical (unpaired) electrons. The molecule has 14 heavy (non-hydrogen) atoms. The lowest BCUT2D eigenvalue weighted by Crippen LogP contribution is -2.01. The van der Waals surface area contributed by atoms with E-state index in [9.17, 15) is 8.78 Å². The molecule has 0 spiro atoms. The first-order valence-electron chi connectivity index (χ1n) is 3.98. The summed E-state index contributed by atoms with van der Waals surface area (Å²) in [5, 5.41) is 0. The lowest BCUT2D eigenvalue weighted by molar-refractivity contribution is 0.145. The number of hydrogen-bond donors (Lipinski definition) is 0. The van der Waals surface area contributed by atoms with Gasteiger partial charge in [0, 0.05) is 11.6 Å². The topological polar surface area (TPSA) is 22.1 Å². The Balaban J connectivity index is 3.33. The maximum absolute atomic E-state index is 12.6. The molecule has 5 heteroatoms. The average molecular weight is 222 g/mol. The summed E-state index contributed by atoms with van der Waals surface area (Å²) in [7, 11) is 1.31. The van der Waals surface area contributed by atoms with Crippen molar-refractivity contribution in [3.05, 3.63) is 22.9 Å². The van der Waals surface area contributed by atoms with Crippen molar-refractivity contribution in [3.63, 3.8) is 0 Å². The minimum Gasteiger partial charge on any atom is -0.481 e. The molecule has 0 bridgehead atoms. The summed E-state index contributed by atoms with van der Waals surface area (Å²) in [5.41, 5.74) is 0.765. The fourth-order valence-electron chi connectivity index (χ4n) is 1.22. The van der Waals surface area contributed by atoms with Crippen LogP contribution in [0.15, 0.2) is 6.07 Å². The van der Waals surface area contributed by atoms with Gasteiger partial charge in [-0.1, -0.05) is 0 Å². The molecule has 0 aliphatic rings. The second-order valence-electron chi connectivity index (χ2n) is 2.78. The Morgan fingerprint density at radius 1 is 1.57 bits per heavy atom. The lowest BCUT2D eigenvalue weighted by atomic mass is 10.1. The van der Waals surface area contributed by atoms with Gasteiger partial charge >= 0.3 is 0 Å². The Kier molecular flexibility index (Phi) is 3.63. The number of hydrogen-bond acceptors (Lipinski definition) is 2. The van der Waals surface area contributed by atoms with E-state index in [0.29, 0.717) is 11.3 Å². The highest BCUT2D eigenvalue weighted by atomic mass is 35.5. The zero-order valence-corrected chi connectivity index (χ0v) is 8.61. The number of aryl methyl sites for hydroxylation is 1. The molecule has 0 saturated heterocycles. The van der Waals surface area contributed by atoms with Gasteiger partial charge in [0.2, 0.25) is 5.88 Å². The predicted octanol–water partition coefficient (Wildman–Crippen LogP) is 3.08. The van der Waals surface area contributed by atoms with Crippen molar-refractivity contribution in [2.24, 2.45) is 0 Å². The van der Waals surface area contributed by atoms with Crippen molar-refractivity contribution in [2.45, 2.75) is 19.2 Å². The summed E-state index contributed by atoms with van der Waals surface area (Å²) >= 11 is 5.56. The molecular weight excluding hydrogens is 212 g/mol. The zero-order chi connectivity index (χ0) is 10.7. The van der Waals surface area contributed by atoms with Crippen LogP contribution in [0.25, 0.3) is 0 Å². The number of halogens is 3. The number of nitrogens with zero attached hydrogens (tertiary/aromatic N) is 1. The minimum atomic E-state index is -2.62. The van der Waals surface area contributed by atoms with Gasteiger partial charge in [0.05, 0.1) is 12.7 Å². The summed E-state index contributed by atoms with van der Waals surface area (Å²) in [6, 6.07) is 1.54. The number of methoxy groups -OCH3 is 1. The summed E-state index contributed by atoms with van der Waals surface area (Å²) in [6.45, 7) is 1.70. The van der Waals surface area contributed by atoms with E-state index in [4.69, 9.17) is 16.3 Å². The largest absolute Gasteiger partial charge is 0.481 e. The second kappa shape index (κ2) is 4.55. The van der Waals surface area contributed by atoms with Crippen LogP contribution in [0.4, 0.5) is 8.78 Å². The van der Waals surface area contributed by atoms with E-state index in [0.717, 1.165) is 0 Å². The van der Waals surface area contributed by atoms with Crippen LogP contribution >= 0.6 is 11.6 Å². The van der Waals surface area contributed by atoms with Gasteiger partial charge in [-0.3, -0.25) is 0 Å². The Bertz CT molecular complexity index is 306. The van der Waals surface area contributed by atoms with E-state index in [-0.39, 0.29) is 17.3 Å². The maximum atomic E-state index is 12.6. The van der Waals surface area contributed by atoms with E-state index in [1.807, 2.05) is 0 Å². The smallest absolute Gasteiger partial charge is 0.269 e. The fourth-order valence-corrected chi connectivity index (χ4v) is 1.44. The van der Waals surface area contributed by atoms with Crippen molar-refractivity contribution >= 4 is 11.6 Å². The van der Waals surface area contributed by atoms with Crippen LogP contribution in [0, 0.1) is 6.92 Å². The van der Waals surface area contributed by atoms with E-state index in [1.165, 1.54) is 13.2 Å². The fraction of sp³-hybridized carbons (Fsp3) is 0.444. The summed E-state index contributed by atoms with van der Waals surface area (Å²) in [4.78, 5) is 3.86. The van der Waals surface area contributed by atoms with Crippen molar-refractivity contribution in [1.29, 1.82) is 0 Å². The first-order valence-corrected chi connectivity index (χ1v) is 4.52. The number of rotatable bonds is 3. The Morgan fingerprint density at radius 3 is 2.64 bits per heavy atom. The lowest BCUT2D eigenvalue weighted by Gasteiger charge is -2.11. The standard InChI is InChI=1S/C9H10ClF2NO/c1-5-3-6(4-10)7(8(11)12)9(13-5)14-2/h3,8H,4H2,1-2H3. The highest BCUT2D eigenvalue weighted by molar-refractivity contribution is 6.17. The van der Waals surface area contributed by atoms with Gasteiger partial charge in [0.15, 0.2) is 0 Å². The molecule has 78 valence electrons. The molecule has 0 amide bonds. The summed E-state index contributed by atoms with van der Waals surface area (Å²) in [5.74, 6) is -0.0185. The van der Waals surface area contributed by atoms with E-state index in [1.54, 1.807) is 6.92 Å². The highest BCUT2D eigenvalue weighted by Crippen LogP contribution is 2.31. The van der Waals surface area contributed by atoms with Gasteiger partial charge in [0.25, 0.3) is 6.43 Å². The van der Waals surface area contributed by atoms with Crippen LogP contribution in [0.3, 0.4) is 0 Å². The molecule has 0 atom stereocenters. The average Bonchev–Trinajstić information content (AvgIpc) is 2.15. The third-order valence-corrected chi connectivity index (χ3v) is 2.08. The monoisotopic (exact) mass is 221 g/mol. The number of pyridine rings is 1. The molecule has 0 fully saturated rings. The molecule has 0 aromatic carbocycles. The van der Waals surface area contributed by atoms with E-state index in [2.05, 4.69) is 4.98 Å². The molecule has 1 rings (SSSR count). The van der Waals surface area contributed by atoms with Gasteiger partial charge in [-0.15, -0.1) is 11.6 Å². The minimum absolute atomic E-state index is 0.0272. The number of ether oxygens (including phenoxy) is 1. The predicted molar refractivity (Wildman–Crippen MR) is 50.0 cm³/mol. The quantitative estimate of drug-likeness (QED) is 0.732. The molecule has 0 N–H and O–H groups in total. The van der Waals surface area contributed by atoms with Gasteiger partial charge in [-0.25, -0.2) is 13.8 Å². The first kappa shape index (κ1) is 11.2.